The summed E-state index contributed by atoms with van der Waals surface area (Å²) in [7, 11) is -1.53. The molecule has 1 saturated heterocycles. The van der Waals surface area contributed by atoms with Crippen LogP contribution in [-0.2, 0) is 14.6 Å². The molecule has 0 saturated carbocycles. The first-order valence-electron chi connectivity index (χ1n) is 6.76. The number of nitrogens with zero attached hydrogens (tertiary/aromatic N) is 2. The molecule has 7 heteroatoms. The number of hydrogen-bond acceptors (Lipinski definition) is 5. The van der Waals surface area contributed by atoms with Gasteiger partial charge in [0.2, 0.25) is 0 Å². The summed E-state index contributed by atoms with van der Waals surface area (Å²) >= 11 is 0. The van der Waals surface area contributed by atoms with Crippen molar-refractivity contribution in [2.75, 3.05) is 18.6 Å². The fraction of sp³-hybridized carbons (Fsp3) is 0.429. The number of methoxy groups -OCH3 is 1. The SMILES string of the molecule is COC(=O)c1ccn2cc(C3CCS(=O)(=O)CC3)nc2c1. The quantitative estimate of drug-likeness (QED) is 0.784. The van der Waals surface area contributed by atoms with Gasteiger partial charge in [0.25, 0.3) is 0 Å². The fourth-order valence-electron chi connectivity index (χ4n) is 2.63. The summed E-state index contributed by atoms with van der Waals surface area (Å²) in [6.45, 7) is 0. The normalized spacial score (nSPS) is 18.7. The average Bonchev–Trinajstić information content (AvgIpc) is 2.89. The number of aromatic nitrogens is 2. The number of rotatable bonds is 2. The molecule has 2 aromatic rings. The van der Waals surface area contributed by atoms with Gasteiger partial charge in [0.05, 0.1) is 29.9 Å². The maximum atomic E-state index is 11.5. The van der Waals surface area contributed by atoms with Crippen molar-refractivity contribution in [3.63, 3.8) is 0 Å². The van der Waals surface area contributed by atoms with Crippen molar-refractivity contribution < 1.29 is 17.9 Å². The summed E-state index contributed by atoms with van der Waals surface area (Å²) in [5.41, 5.74) is 2.00. The maximum absolute atomic E-state index is 11.5. The van der Waals surface area contributed by atoms with E-state index < -0.39 is 15.8 Å². The van der Waals surface area contributed by atoms with E-state index >= 15 is 0 Å². The largest absolute Gasteiger partial charge is 0.465 e. The molecule has 0 bridgehead atoms. The lowest BCUT2D eigenvalue weighted by molar-refractivity contribution is 0.0600. The average molecular weight is 308 g/mol. The Morgan fingerprint density at radius 3 is 2.76 bits per heavy atom. The van der Waals surface area contributed by atoms with Crippen molar-refractivity contribution >= 4 is 21.5 Å². The minimum Gasteiger partial charge on any atom is -0.465 e. The van der Waals surface area contributed by atoms with Gasteiger partial charge in [0.15, 0.2) is 0 Å². The van der Waals surface area contributed by atoms with Crippen LogP contribution in [0.3, 0.4) is 0 Å². The first-order valence-corrected chi connectivity index (χ1v) is 8.58. The minimum atomic E-state index is -2.87. The van der Waals surface area contributed by atoms with Gasteiger partial charge in [-0.2, -0.15) is 0 Å². The summed E-state index contributed by atoms with van der Waals surface area (Å²) in [6, 6.07) is 3.35. The van der Waals surface area contributed by atoms with Crippen LogP contribution in [0.25, 0.3) is 5.65 Å². The standard InChI is InChI=1S/C14H16N2O4S/c1-20-14(17)11-2-5-16-9-12(15-13(16)8-11)10-3-6-21(18,19)7-4-10/h2,5,8-10H,3-4,6-7H2,1H3. The predicted molar refractivity (Wildman–Crippen MR) is 77.2 cm³/mol. The monoisotopic (exact) mass is 308 g/mol. The molecule has 0 atom stereocenters. The Kier molecular flexibility index (Phi) is 3.44. The van der Waals surface area contributed by atoms with Crippen molar-refractivity contribution in [1.82, 2.24) is 9.38 Å². The lowest BCUT2D eigenvalue weighted by Crippen LogP contribution is -2.22. The van der Waals surface area contributed by atoms with Crippen LogP contribution in [0, 0.1) is 0 Å². The molecule has 0 radical (unpaired) electrons. The zero-order valence-corrected chi connectivity index (χ0v) is 12.5. The molecule has 1 aliphatic heterocycles. The zero-order chi connectivity index (χ0) is 15.0. The van der Waals surface area contributed by atoms with Gasteiger partial charge >= 0.3 is 5.97 Å². The van der Waals surface area contributed by atoms with Crippen LogP contribution in [-0.4, -0.2) is 42.4 Å². The van der Waals surface area contributed by atoms with E-state index in [0.717, 1.165) is 5.69 Å². The van der Waals surface area contributed by atoms with Gasteiger partial charge in [-0.25, -0.2) is 18.2 Å². The van der Waals surface area contributed by atoms with E-state index in [0.29, 0.717) is 24.1 Å². The Balaban J connectivity index is 1.89. The molecule has 0 unspecified atom stereocenters. The molecule has 0 aromatic carbocycles. The number of fused-ring (bicyclic) bond motifs is 1. The number of carbonyl (C=O) groups excluding carboxylic acids is 1. The van der Waals surface area contributed by atoms with Gasteiger partial charge in [-0.1, -0.05) is 0 Å². The third-order valence-electron chi connectivity index (χ3n) is 3.87. The second kappa shape index (κ2) is 5.14. The number of ether oxygens (including phenoxy) is 1. The predicted octanol–water partition coefficient (Wildman–Crippen LogP) is 1.41. The van der Waals surface area contributed by atoms with Gasteiger partial charge in [-0.05, 0) is 25.0 Å². The van der Waals surface area contributed by atoms with Crippen LogP contribution in [0.4, 0.5) is 0 Å². The Labute approximate surface area is 122 Å². The third kappa shape index (κ3) is 2.78. The smallest absolute Gasteiger partial charge is 0.338 e. The maximum Gasteiger partial charge on any atom is 0.338 e. The van der Waals surface area contributed by atoms with Crippen LogP contribution in [0.2, 0.25) is 0 Å². The third-order valence-corrected chi connectivity index (χ3v) is 5.59. The van der Waals surface area contributed by atoms with Crippen molar-refractivity contribution in [2.45, 2.75) is 18.8 Å². The molecule has 1 fully saturated rings. The second-order valence-corrected chi connectivity index (χ2v) is 7.57. The summed E-state index contributed by atoms with van der Waals surface area (Å²) in [4.78, 5) is 16.0. The van der Waals surface area contributed by atoms with Crippen molar-refractivity contribution in [3.05, 3.63) is 35.8 Å². The zero-order valence-electron chi connectivity index (χ0n) is 11.7. The first-order chi connectivity index (χ1) is 9.98. The summed E-state index contributed by atoms with van der Waals surface area (Å²) in [5, 5.41) is 0. The highest BCUT2D eigenvalue weighted by Crippen LogP contribution is 2.28. The van der Waals surface area contributed by atoms with Crippen LogP contribution >= 0.6 is 0 Å². The Morgan fingerprint density at radius 1 is 1.38 bits per heavy atom. The van der Waals surface area contributed by atoms with Crippen LogP contribution in [0.1, 0.15) is 34.8 Å². The Hall–Kier alpha value is -1.89. The van der Waals surface area contributed by atoms with Crippen LogP contribution in [0.5, 0.6) is 0 Å². The first kappa shape index (κ1) is 14.1. The molecule has 0 spiro atoms. The highest BCUT2D eigenvalue weighted by atomic mass is 32.2. The van der Waals surface area contributed by atoms with Gasteiger partial charge < -0.3 is 9.14 Å². The van der Waals surface area contributed by atoms with E-state index in [4.69, 9.17) is 0 Å². The van der Waals surface area contributed by atoms with Gasteiger partial charge in [0.1, 0.15) is 15.5 Å². The molecule has 3 rings (SSSR count). The molecule has 1 aliphatic rings. The van der Waals surface area contributed by atoms with E-state index in [1.807, 2.05) is 10.6 Å². The number of sulfone groups is 1. The summed E-state index contributed by atoms with van der Waals surface area (Å²) < 4.78 is 29.5. The number of carbonyl (C=O) groups is 1. The Bertz CT molecular complexity index is 780. The van der Waals surface area contributed by atoms with E-state index in [9.17, 15) is 13.2 Å². The molecular formula is C14H16N2O4S. The highest BCUT2D eigenvalue weighted by Gasteiger charge is 2.26. The summed E-state index contributed by atoms with van der Waals surface area (Å²) in [6.07, 6.45) is 4.88. The molecule has 0 N–H and O–H groups in total. The molecule has 21 heavy (non-hydrogen) atoms. The van der Waals surface area contributed by atoms with E-state index in [2.05, 4.69) is 9.72 Å². The van der Waals surface area contributed by atoms with Crippen molar-refractivity contribution in [3.8, 4) is 0 Å². The van der Waals surface area contributed by atoms with Crippen LogP contribution < -0.4 is 0 Å². The molecule has 6 nitrogen and oxygen atoms in total. The van der Waals surface area contributed by atoms with E-state index in [-0.39, 0.29) is 17.4 Å². The molecular weight excluding hydrogens is 292 g/mol. The lowest BCUT2D eigenvalue weighted by Gasteiger charge is -2.19. The van der Waals surface area contributed by atoms with Gasteiger partial charge in [-0.3, -0.25) is 0 Å². The lowest BCUT2D eigenvalue weighted by atomic mass is 10.00. The van der Waals surface area contributed by atoms with Gasteiger partial charge in [-0.15, -0.1) is 0 Å². The molecule has 0 amide bonds. The number of hydrogen-bond donors (Lipinski definition) is 0. The number of esters is 1. The summed E-state index contributed by atoms with van der Waals surface area (Å²) in [5.74, 6) is 0.207. The fourth-order valence-corrected chi connectivity index (χ4v) is 4.12. The molecule has 112 valence electrons. The number of pyridine rings is 1. The van der Waals surface area contributed by atoms with Crippen molar-refractivity contribution in [1.29, 1.82) is 0 Å². The second-order valence-electron chi connectivity index (χ2n) is 5.26. The molecule has 0 aliphatic carbocycles. The van der Waals surface area contributed by atoms with E-state index in [1.54, 1.807) is 18.3 Å². The topological polar surface area (TPSA) is 77.7 Å². The molecule has 2 aromatic heterocycles. The van der Waals surface area contributed by atoms with Gasteiger partial charge in [0, 0.05) is 18.3 Å². The minimum absolute atomic E-state index is 0.162. The van der Waals surface area contributed by atoms with E-state index in [1.165, 1.54) is 7.11 Å². The Morgan fingerprint density at radius 2 is 2.10 bits per heavy atom. The van der Waals surface area contributed by atoms with Crippen LogP contribution in [0.15, 0.2) is 24.5 Å². The van der Waals surface area contributed by atoms with Crippen molar-refractivity contribution in [2.24, 2.45) is 0 Å². The highest BCUT2D eigenvalue weighted by molar-refractivity contribution is 7.91. The number of imidazole rings is 1. The molecule has 3 heterocycles.